The van der Waals surface area contributed by atoms with Gasteiger partial charge in [-0.25, -0.2) is 9.97 Å². The minimum absolute atomic E-state index is 0.565. The molecule has 1 aliphatic carbocycles. The van der Waals surface area contributed by atoms with Crippen LogP contribution in [0, 0.1) is 12.8 Å². The summed E-state index contributed by atoms with van der Waals surface area (Å²) in [6.45, 7) is 7.63. The molecule has 106 valence electrons. The van der Waals surface area contributed by atoms with E-state index in [1.54, 1.807) is 0 Å². The third-order valence-electron chi connectivity index (χ3n) is 3.78. The number of aryl methyl sites for hydroxylation is 2. The quantitative estimate of drug-likeness (QED) is 0.900. The Hall–Kier alpha value is -1.16. The van der Waals surface area contributed by atoms with Crippen LogP contribution in [0.3, 0.4) is 0 Å². The number of aromatic nitrogens is 2. The Balaban J connectivity index is 2.12. The van der Waals surface area contributed by atoms with Crippen LogP contribution in [0.1, 0.15) is 37.2 Å². The summed E-state index contributed by atoms with van der Waals surface area (Å²) in [5.74, 6) is 1.57. The predicted molar refractivity (Wildman–Crippen MR) is 79.7 cm³/mol. The number of anilines is 1. The van der Waals surface area contributed by atoms with Gasteiger partial charge in [-0.05, 0) is 44.2 Å². The van der Waals surface area contributed by atoms with Crippen LogP contribution in [-0.2, 0) is 12.8 Å². The molecule has 0 amide bonds. The van der Waals surface area contributed by atoms with Crippen molar-refractivity contribution in [3.8, 4) is 0 Å². The highest BCUT2D eigenvalue weighted by Crippen LogP contribution is 2.27. The monoisotopic (exact) mass is 262 g/mol. The molecule has 1 aliphatic rings. The normalized spacial score (nSPS) is 18.5. The van der Waals surface area contributed by atoms with E-state index in [-0.39, 0.29) is 0 Å². The Labute approximate surface area is 116 Å². The Morgan fingerprint density at radius 2 is 2.05 bits per heavy atom. The number of fused-ring (bicyclic) bond motifs is 1. The fourth-order valence-corrected chi connectivity index (χ4v) is 2.62. The molecule has 1 aromatic rings. The van der Waals surface area contributed by atoms with Gasteiger partial charge >= 0.3 is 0 Å². The van der Waals surface area contributed by atoms with Gasteiger partial charge in [-0.1, -0.05) is 13.8 Å². The Kier molecular flexibility index (Phi) is 4.40. The van der Waals surface area contributed by atoms with Gasteiger partial charge in [0.1, 0.15) is 0 Å². The van der Waals surface area contributed by atoms with Crippen molar-refractivity contribution in [3.63, 3.8) is 0 Å². The average Bonchev–Trinajstić information content (AvgIpc) is 2.36. The van der Waals surface area contributed by atoms with Crippen LogP contribution in [0.2, 0.25) is 0 Å². The van der Waals surface area contributed by atoms with Gasteiger partial charge in [-0.2, -0.15) is 0 Å². The Morgan fingerprint density at radius 3 is 2.68 bits per heavy atom. The zero-order chi connectivity index (χ0) is 14.0. The lowest BCUT2D eigenvalue weighted by molar-refractivity contribution is 0.401. The van der Waals surface area contributed by atoms with Gasteiger partial charge in [0, 0.05) is 31.5 Å². The topological polar surface area (TPSA) is 41.1 Å². The van der Waals surface area contributed by atoms with Gasteiger partial charge in [0.15, 0.2) is 0 Å². The van der Waals surface area contributed by atoms with Crippen molar-refractivity contribution in [1.82, 2.24) is 15.3 Å². The van der Waals surface area contributed by atoms with Gasteiger partial charge in [0.2, 0.25) is 5.95 Å². The molecule has 1 unspecified atom stereocenters. The minimum Gasteiger partial charge on any atom is -0.347 e. The molecule has 0 fully saturated rings. The first kappa shape index (κ1) is 14.3. The van der Waals surface area contributed by atoms with E-state index in [9.17, 15) is 0 Å². The van der Waals surface area contributed by atoms with Crippen molar-refractivity contribution in [1.29, 1.82) is 0 Å². The van der Waals surface area contributed by atoms with Crippen LogP contribution in [-0.4, -0.2) is 36.6 Å². The zero-order valence-corrected chi connectivity index (χ0v) is 12.8. The summed E-state index contributed by atoms with van der Waals surface area (Å²) in [7, 11) is 4.00. The van der Waals surface area contributed by atoms with Crippen LogP contribution in [0.15, 0.2) is 0 Å². The van der Waals surface area contributed by atoms with E-state index in [2.05, 4.69) is 31.1 Å². The van der Waals surface area contributed by atoms with E-state index in [0.717, 1.165) is 36.9 Å². The zero-order valence-electron chi connectivity index (χ0n) is 12.8. The van der Waals surface area contributed by atoms with Crippen LogP contribution < -0.4 is 10.2 Å². The maximum Gasteiger partial charge on any atom is 0.225 e. The lowest BCUT2D eigenvalue weighted by Crippen LogP contribution is -2.32. The average molecular weight is 262 g/mol. The molecule has 2 rings (SSSR count). The molecule has 0 bridgehead atoms. The molecule has 0 spiro atoms. The second-order valence-electron chi connectivity index (χ2n) is 6.10. The summed E-state index contributed by atoms with van der Waals surface area (Å²) in [6, 6.07) is 0.565. The summed E-state index contributed by atoms with van der Waals surface area (Å²) in [5.41, 5.74) is 3.80. The number of hydrogen-bond donors (Lipinski definition) is 1. The molecular weight excluding hydrogens is 236 g/mol. The van der Waals surface area contributed by atoms with E-state index < -0.39 is 0 Å². The number of hydrogen-bond acceptors (Lipinski definition) is 4. The number of rotatable bonds is 4. The molecule has 4 nitrogen and oxygen atoms in total. The largest absolute Gasteiger partial charge is 0.347 e. The second-order valence-corrected chi connectivity index (χ2v) is 6.10. The van der Waals surface area contributed by atoms with Crippen LogP contribution in [0.5, 0.6) is 0 Å². The van der Waals surface area contributed by atoms with Gasteiger partial charge < -0.3 is 10.2 Å². The molecule has 0 aromatic carbocycles. The molecule has 0 saturated heterocycles. The van der Waals surface area contributed by atoms with E-state index in [0.29, 0.717) is 6.04 Å². The van der Waals surface area contributed by atoms with Gasteiger partial charge in [-0.15, -0.1) is 0 Å². The lowest BCUT2D eigenvalue weighted by atomic mass is 9.85. The molecule has 1 N–H and O–H groups in total. The molecule has 4 heteroatoms. The molecule has 1 atom stereocenters. The fraction of sp³-hybridized carbons (Fsp3) is 0.733. The van der Waals surface area contributed by atoms with Crippen molar-refractivity contribution >= 4 is 5.95 Å². The van der Waals surface area contributed by atoms with Crippen LogP contribution in [0.4, 0.5) is 5.95 Å². The van der Waals surface area contributed by atoms with E-state index in [1.807, 2.05) is 19.0 Å². The van der Waals surface area contributed by atoms with Crippen molar-refractivity contribution in [3.05, 3.63) is 17.0 Å². The van der Waals surface area contributed by atoms with Gasteiger partial charge in [0.25, 0.3) is 0 Å². The molecule has 0 radical (unpaired) electrons. The Morgan fingerprint density at radius 1 is 1.32 bits per heavy atom. The second kappa shape index (κ2) is 5.87. The highest BCUT2D eigenvalue weighted by atomic mass is 15.2. The van der Waals surface area contributed by atoms with Gasteiger partial charge in [0.05, 0.1) is 0 Å². The molecule has 1 aromatic heterocycles. The predicted octanol–water partition coefficient (Wildman–Crippen LogP) is 1.95. The van der Waals surface area contributed by atoms with Crippen LogP contribution in [0.25, 0.3) is 0 Å². The van der Waals surface area contributed by atoms with E-state index >= 15 is 0 Å². The third kappa shape index (κ3) is 3.44. The lowest BCUT2D eigenvalue weighted by Gasteiger charge is -2.27. The maximum absolute atomic E-state index is 4.70. The third-order valence-corrected chi connectivity index (χ3v) is 3.78. The molecular formula is C15H26N4. The SMILES string of the molecule is Cc1nc(N(C)C)nc2c1CC(CNC(C)C)CC2. The van der Waals surface area contributed by atoms with Crippen molar-refractivity contribution in [2.24, 2.45) is 5.92 Å². The Bertz CT molecular complexity index is 440. The summed E-state index contributed by atoms with van der Waals surface area (Å²) < 4.78 is 0. The standard InChI is InChI=1S/C15H26N4/c1-10(2)16-9-12-6-7-14-13(8-12)11(3)17-15(18-14)19(4)5/h10,12,16H,6-9H2,1-5H3. The maximum atomic E-state index is 4.70. The highest BCUT2D eigenvalue weighted by Gasteiger charge is 2.23. The summed E-state index contributed by atoms with van der Waals surface area (Å²) >= 11 is 0. The van der Waals surface area contributed by atoms with E-state index in [4.69, 9.17) is 4.98 Å². The first-order valence-electron chi connectivity index (χ1n) is 7.24. The summed E-state index contributed by atoms with van der Waals surface area (Å²) in [4.78, 5) is 11.3. The molecule has 0 aliphatic heterocycles. The van der Waals surface area contributed by atoms with Crippen LogP contribution >= 0.6 is 0 Å². The fourth-order valence-electron chi connectivity index (χ4n) is 2.62. The van der Waals surface area contributed by atoms with E-state index in [1.165, 1.54) is 17.7 Å². The molecule has 0 saturated carbocycles. The van der Waals surface area contributed by atoms with Crippen molar-refractivity contribution in [2.75, 3.05) is 25.5 Å². The molecule has 1 heterocycles. The highest BCUT2D eigenvalue weighted by molar-refractivity contribution is 5.37. The first-order valence-corrected chi connectivity index (χ1v) is 7.24. The van der Waals surface area contributed by atoms with Crippen molar-refractivity contribution < 1.29 is 0 Å². The molecule has 19 heavy (non-hydrogen) atoms. The first-order chi connectivity index (χ1) is 8.97. The summed E-state index contributed by atoms with van der Waals surface area (Å²) in [5, 5.41) is 3.55. The number of nitrogens with zero attached hydrogens (tertiary/aromatic N) is 3. The summed E-state index contributed by atoms with van der Waals surface area (Å²) in [6.07, 6.45) is 3.44. The number of nitrogens with one attached hydrogen (secondary N) is 1. The minimum atomic E-state index is 0.565. The van der Waals surface area contributed by atoms with Gasteiger partial charge in [-0.3, -0.25) is 0 Å². The van der Waals surface area contributed by atoms with Crippen molar-refractivity contribution in [2.45, 2.75) is 46.1 Å². The smallest absolute Gasteiger partial charge is 0.225 e.